The molecule has 4 rings (SSSR count). The Labute approximate surface area is 154 Å². The molecule has 0 bridgehead atoms. The fourth-order valence-corrected chi connectivity index (χ4v) is 4.14. The van der Waals surface area contributed by atoms with E-state index in [0.717, 1.165) is 24.3 Å². The first kappa shape index (κ1) is 17.3. The number of sulfonamides is 1. The number of halogens is 1. The van der Waals surface area contributed by atoms with Crippen LogP contribution in [0.5, 0.6) is 11.5 Å². The second kappa shape index (κ2) is 6.27. The van der Waals surface area contributed by atoms with Gasteiger partial charge in [-0.25, -0.2) is 17.6 Å². The van der Waals surface area contributed by atoms with Gasteiger partial charge in [-0.15, -0.1) is 0 Å². The standard InChI is InChI=1S/C18H14FNO6S/c1-24-18(21)14-6-10-7-15-16(26-9-25-15)8-13(10)17(14)20-27(22,23)12-4-2-11(19)3-5-12/h2-5,7-8,20H,6,9H2,1H3. The highest BCUT2D eigenvalue weighted by Gasteiger charge is 2.32. The fourth-order valence-electron chi connectivity index (χ4n) is 3.03. The van der Waals surface area contributed by atoms with E-state index < -0.39 is 21.8 Å². The van der Waals surface area contributed by atoms with E-state index in [0.29, 0.717) is 22.6 Å². The SMILES string of the molecule is COC(=O)C1=C(NS(=O)(=O)c2ccc(F)cc2)c2cc3c(cc2C1)OCO3. The van der Waals surface area contributed by atoms with Crippen molar-refractivity contribution in [2.24, 2.45) is 0 Å². The maximum Gasteiger partial charge on any atom is 0.336 e. The third kappa shape index (κ3) is 2.99. The van der Waals surface area contributed by atoms with Gasteiger partial charge in [-0.1, -0.05) is 0 Å². The first-order valence-corrected chi connectivity index (χ1v) is 9.40. The summed E-state index contributed by atoms with van der Waals surface area (Å²) in [5, 5.41) is 0. The molecule has 1 N–H and O–H groups in total. The molecule has 2 aromatic carbocycles. The molecule has 1 aliphatic carbocycles. The molecule has 7 nitrogen and oxygen atoms in total. The van der Waals surface area contributed by atoms with Crippen molar-refractivity contribution in [1.82, 2.24) is 4.72 Å². The van der Waals surface area contributed by atoms with E-state index in [1.54, 1.807) is 12.1 Å². The maximum atomic E-state index is 13.1. The third-order valence-electron chi connectivity index (χ3n) is 4.33. The molecular weight excluding hydrogens is 377 g/mol. The molecule has 0 radical (unpaired) electrons. The van der Waals surface area contributed by atoms with Gasteiger partial charge in [0.1, 0.15) is 5.82 Å². The third-order valence-corrected chi connectivity index (χ3v) is 5.69. The van der Waals surface area contributed by atoms with Gasteiger partial charge in [0.15, 0.2) is 11.5 Å². The molecule has 0 aromatic heterocycles. The summed E-state index contributed by atoms with van der Waals surface area (Å²) in [5.41, 5.74) is 1.49. The van der Waals surface area contributed by atoms with Gasteiger partial charge >= 0.3 is 5.97 Å². The Morgan fingerprint density at radius 1 is 1.15 bits per heavy atom. The molecule has 140 valence electrons. The van der Waals surface area contributed by atoms with Crippen LogP contribution in [0.4, 0.5) is 4.39 Å². The largest absolute Gasteiger partial charge is 0.466 e. The van der Waals surface area contributed by atoms with E-state index in [9.17, 15) is 17.6 Å². The highest BCUT2D eigenvalue weighted by molar-refractivity contribution is 7.89. The number of hydrogen-bond donors (Lipinski definition) is 1. The lowest BCUT2D eigenvalue weighted by Crippen LogP contribution is -2.24. The summed E-state index contributed by atoms with van der Waals surface area (Å²) >= 11 is 0. The number of hydrogen-bond acceptors (Lipinski definition) is 6. The molecule has 0 saturated heterocycles. The summed E-state index contributed by atoms with van der Waals surface area (Å²) in [5.74, 6) is -0.216. The van der Waals surface area contributed by atoms with Crippen LogP contribution < -0.4 is 14.2 Å². The van der Waals surface area contributed by atoms with Crippen LogP contribution in [-0.2, 0) is 26.0 Å². The van der Waals surface area contributed by atoms with Gasteiger partial charge in [-0.2, -0.15) is 0 Å². The van der Waals surface area contributed by atoms with Crippen molar-refractivity contribution in [3.05, 3.63) is 58.9 Å². The minimum atomic E-state index is -4.05. The monoisotopic (exact) mass is 391 g/mol. The molecule has 0 spiro atoms. The summed E-state index contributed by atoms with van der Waals surface area (Å²) in [6.07, 6.45) is 0.180. The first-order valence-electron chi connectivity index (χ1n) is 7.92. The van der Waals surface area contributed by atoms with Crippen LogP contribution in [0.1, 0.15) is 11.1 Å². The quantitative estimate of drug-likeness (QED) is 0.802. The topological polar surface area (TPSA) is 90.9 Å². The van der Waals surface area contributed by atoms with Crippen molar-refractivity contribution >= 4 is 21.7 Å². The fraction of sp³-hybridized carbons (Fsp3) is 0.167. The van der Waals surface area contributed by atoms with Crippen molar-refractivity contribution in [1.29, 1.82) is 0 Å². The zero-order valence-electron chi connectivity index (χ0n) is 14.1. The Hall–Kier alpha value is -3.07. The van der Waals surface area contributed by atoms with Gasteiger partial charge in [-0.05, 0) is 42.0 Å². The normalized spacial score (nSPS) is 14.9. The van der Waals surface area contributed by atoms with Crippen molar-refractivity contribution in [2.75, 3.05) is 13.9 Å². The number of carbonyl (C=O) groups is 1. The van der Waals surface area contributed by atoms with Crippen molar-refractivity contribution in [3.8, 4) is 11.5 Å². The molecular formula is C18H14FNO6S. The van der Waals surface area contributed by atoms with E-state index in [-0.39, 0.29) is 29.4 Å². The van der Waals surface area contributed by atoms with Crippen LogP contribution in [0.3, 0.4) is 0 Å². The molecule has 27 heavy (non-hydrogen) atoms. The van der Waals surface area contributed by atoms with Crippen LogP contribution >= 0.6 is 0 Å². The average Bonchev–Trinajstić information content (AvgIpc) is 3.23. The summed E-state index contributed by atoms with van der Waals surface area (Å²) in [4.78, 5) is 12.1. The number of rotatable bonds is 4. The molecule has 2 aromatic rings. The Morgan fingerprint density at radius 2 is 1.81 bits per heavy atom. The molecule has 1 aliphatic heterocycles. The zero-order chi connectivity index (χ0) is 19.2. The molecule has 0 saturated carbocycles. The number of benzene rings is 2. The molecule has 0 atom stereocenters. The number of esters is 1. The second-order valence-corrected chi connectivity index (χ2v) is 7.63. The number of fused-ring (bicyclic) bond motifs is 2. The Bertz CT molecular complexity index is 1080. The van der Waals surface area contributed by atoms with E-state index in [2.05, 4.69) is 4.72 Å². The van der Waals surface area contributed by atoms with Gasteiger partial charge in [0.05, 0.1) is 23.3 Å². The first-order chi connectivity index (χ1) is 12.9. The van der Waals surface area contributed by atoms with Gasteiger partial charge in [0, 0.05) is 12.0 Å². The molecule has 0 unspecified atom stereocenters. The van der Waals surface area contributed by atoms with E-state index in [4.69, 9.17) is 14.2 Å². The lowest BCUT2D eigenvalue weighted by molar-refractivity contribution is -0.136. The van der Waals surface area contributed by atoms with Crippen molar-refractivity contribution in [3.63, 3.8) is 0 Å². The predicted octanol–water partition coefficient (Wildman–Crippen LogP) is 1.97. The number of methoxy groups -OCH3 is 1. The summed E-state index contributed by atoms with van der Waals surface area (Å²) in [6, 6.07) is 7.71. The van der Waals surface area contributed by atoms with Gasteiger partial charge < -0.3 is 14.2 Å². The highest BCUT2D eigenvalue weighted by Crippen LogP contribution is 2.42. The lowest BCUT2D eigenvalue weighted by atomic mass is 10.1. The van der Waals surface area contributed by atoms with E-state index >= 15 is 0 Å². The summed E-state index contributed by atoms with van der Waals surface area (Å²) in [7, 11) is -2.83. The number of nitrogens with one attached hydrogen (secondary N) is 1. The second-order valence-electron chi connectivity index (χ2n) is 5.94. The molecule has 2 aliphatic rings. The summed E-state index contributed by atoms with van der Waals surface area (Å²) in [6.45, 7) is 0.0719. The van der Waals surface area contributed by atoms with E-state index in [1.165, 1.54) is 7.11 Å². The van der Waals surface area contributed by atoms with Gasteiger partial charge in [-0.3, -0.25) is 4.72 Å². The van der Waals surface area contributed by atoms with Crippen molar-refractivity contribution in [2.45, 2.75) is 11.3 Å². The average molecular weight is 391 g/mol. The predicted molar refractivity (Wildman–Crippen MR) is 91.9 cm³/mol. The lowest BCUT2D eigenvalue weighted by Gasteiger charge is -2.12. The minimum Gasteiger partial charge on any atom is -0.466 e. The van der Waals surface area contributed by atoms with Gasteiger partial charge in [0.25, 0.3) is 10.0 Å². The summed E-state index contributed by atoms with van der Waals surface area (Å²) < 4.78 is 56.5. The number of carbonyl (C=O) groups excluding carboxylic acids is 1. The Morgan fingerprint density at radius 3 is 2.48 bits per heavy atom. The van der Waals surface area contributed by atoms with Crippen LogP contribution in [-0.4, -0.2) is 28.3 Å². The smallest absolute Gasteiger partial charge is 0.336 e. The van der Waals surface area contributed by atoms with Crippen molar-refractivity contribution < 1.29 is 31.8 Å². The molecule has 1 heterocycles. The Balaban J connectivity index is 1.78. The zero-order valence-corrected chi connectivity index (χ0v) is 14.9. The van der Waals surface area contributed by atoms with E-state index in [1.807, 2.05) is 0 Å². The van der Waals surface area contributed by atoms with Crippen LogP contribution in [0, 0.1) is 5.82 Å². The number of ether oxygens (including phenoxy) is 3. The molecule has 0 fully saturated rings. The highest BCUT2D eigenvalue weighted by atomic mass is 32.2. The maximum absolute atomic E-state index is 13.1. The van der Waals surface area contributed by atoms with Gasteiger partial charge in [0.2, 0.25) is 6.79 Å². The minimum absolute atomic E-state index is 0.0719. The van der Waals surface area contributed by atoms with Crippen LogP contribution in [0.25, 0.3) is 5.70 Å². The molecule has 9 heteroatoms. The Kier molecular flexibility index (Phi) is 4.03. The van der Waals surface area contributed by atoms with Crippen LogP contribution in [0.2, 0.25) is 0 Å². The van der Waals surface area contributed by atoms with Crippen LogP contribution in [0.15, 0.2) is 46.9 Å². The molecule has 0 amide bonds.